The number of halogens is 1. The molecule has 1 aliphatic heterocycles. The average Bonchev–Trinajstić information content (AvgIpc) is 3.40. The van der Waals surface area contributed by atoms with Crippen LogP contribution >= 0.6 is 27.3 Å². The smallest absolute Gasteiger partial charge is 0.233 e. The lowest BCUT2D eigenvalue weighted by Gasteiger charge is -2.23. The summed E-state index contributed by atoms with van der Waals surface area (Å²) in [5.41, 5.74) is 4.07. The SMILES string of the molecule is CCc1cccc(C)c1N1CC(C(=O)N(C)c2nnc(-c3ccc(Br)cc3)s2)CC1=O. The molecule has 0 N–H and O–H groups in total. The lowest BCUT2D eigenvalue weighted by Crippen LogP contribution is -2.35. The van der Waals surface area contributed by atoms with Gasteiger partial charge in [-0.25, -0.2) is 0 Å². The fourth-order valence-corrected chi connectivity index (χ4v) is 4.99. The molecule has 0 radical (unpaired) electrons. The van der Waals surface area contributed by atoms with Gasteiger partial charge in [0.1, 0.15) is 5.01 Å². The Labute approximate surface area is 194 Å². The Kier molecular flexibility index (Phi) is 6.20. The topological polar surface area (TPSA) is 66.4 Å². The number of rotatable bonds is 5. The van der Waals surface area contributed by atoms with E-state index >= 15 is 0 Å². The Hall–Kier alpha value is -2.58. The minimum atomic E-state index is -0.401. The van der Waals surface area contributed by atoms with Crippen molar-refractivity contribution in [2.45, 2.75) is 26.7 Å². The molecule has 8 heteroatoms. The Morgan fingerprint density at radius 3 is 2.68 bits per heavy atom. The molecule has 0 saturated carbocycles. The Bertz CT molecular complexity index is 1130. The Morgan fingerprint density at radius 1 is 1.23 bits per heavy atom. The van der Waals surface area contributed by atoms with E-state index in [9.17, 15) is 9.59 Å². The summed E-state index contributed by atoms with van der Waals surface area (Å²) in [6, 6.07) is 13.9. The molecular weight excluding hydrogens is 476 g/mol. The van der Waals surface area contributed by atoms with Crippen LogP contribution in [0.2, 0.25) is 0 Å². The molecule has 2 amide bonds. The molecule has 31 heavy (non-hydrogen) atoms. The first kappa shape index (κ1) is 21.6. The highest BCUT2D eigenvalue weighted by atomic mass is 79.9. The number of nitrogens with zero attached hydrogens (tertiary/aromatic N) is 4. The standard InChI is InChI=1S/C23H23BrN4O2S/c1-4-15-7-5-6-14(2)20(15)28-13-17(12-19(28)29)22(30)27(3)23-26-25-21(31-23)16-8-10-18(24)11-9-16/h5-11,17H,4,12-13H2,1-3H3. The van der Waals surface area contributed by atoms with Crippen molar-refractivity contribution in [3.05, 3.63) is 58.1 Å². The number of benzene rings is 2. The van der Waals surface area contributed by atoms with Gasteiger partial charge < -0.3 is 4.90 Å². The highest BCUT2D eigenvalue weighted by molar-refractivity contribution is 9.10. The van der Waals surface area contributed by atoms with Gasteiger partial charge in [-0.05, 0) is 36.6 Å². The largest absolute Gasteiger partial charge is 0.311 e. The predicted octanol–water partition coefficient (Wildman–Crippen LogP) is 4.85. The molecule has 1 unspecified atom stereocenters. The van der Waals surface area contributed by atoms with Gasteiger partial charge in [0.15, 0.2) is 0 Å². The summed E-state index contributed by atoms with van der Waals surface area (Å²) >= 11 is 4.79. The third-order valence-corrected chi connectivity index (χ3v) is 7.15. The highest BCUT2D eigenvalue weighted by Crippen LogP contribution is 2.34. The molecular formula is C23H23BrN4O2S. The van der Waals surface area contributed by atoms with Crippen molar-refractivity contribution in [1.29, 1.82) is 0 Å². The van der Waals surface area contributed by atoms with Gasteiger partial charge in [-0.2, -0.15) is 0 Å². The fourth-order valence-electron chi connectivity index (χ4n) is 3.91. The number of aryl methyl sites for hydroxylation is 2. The molecule has 1 fully saturated rings. The third kappa shape index (κ3) is 4.27. The van der Waals surface area contributed by atoms with E-state index in [1.165, 1.54) is 16.2 Å². The first-order valence-electron chi connectivity index (χ1n) is 10.1. The summed E-state index contributed by atoms with van der Waals surface area (Å²) in [6.45, 7) is 4.47. The van der Waals surface area contributed by atoms with Crippen LogP contribution in [0.5, 0.6) is 0 Å². The van der Waals surface area contributed by atoms with Crippen molar-refractivity contribution in [2.75, 3.05) is 23.4 Å². The molecule has 6 nitrogen and oxygen atoms in total. The second-order valence-corrected chi connectivity index (χ2v) is 9.51. The van der Waals surface area contributed by atoms with Crippen molar-refractivity contribution < 1.29 is 9.59 Å². The van der Waals surface area contributed by atoms with Crippen molar-refractivity contribution >= 4 is 49.9 Å². The summed E-state index contributed by atoms with van der Waals surface area (Å²) in [5, 5.41) is 9.72. The molecule has 0 bridgehead atoms. The van der Waals surface area contributed by atoms with Crippen molar-refractivity contribution in [3.63, 3.8) is 0 Å². The number of aromatic nitrogens is 2. The summed E-state index contributed by atoms with van der Waals surface area (Å²) in [4.78, 5) is 29.3. The highest BCUT2D eigenvalue weighted by Gasteiger charge is 2.38. The van der Waals surface area contributed by atoms with Gasteiger partial charge in [-0.1, -0.05) is 64.5 Å². The summed E-state index contributed by atoms with van der Waals surface area (Å²) in [6.07, 6.45) is 1.04. The minimum absolute atomic E-state index is 0.0106. The molecule has 0 aliphatic carbocycles. The van der Waals surface area contributed by atoms with Crippen LogP contribution in [-0.4, -0.2) is 35.6 Å². The normalized spacial score (nSPS) is 16.1. The van der Waals surface area contributed by atoms with Crippen molar-refractivity contribution in [2.24, 2.45) is 5.92 Å². The molecule has 0 spiro atoms. The number of amides is 2. The summed E-state index contributed by atoms with van der Waals surface area (Å²) in [5.74, 6) is -0.522. The maximum absolute atomic E-state index is 13.2. The van der Waals surface area contributed by atoms with E-state index in [0.29, 0.717) is 11.7 Å². The van der Waals surface area contributed by atoms with Gasteiger partial charge in [0, 0.05) is 35.7 Å². The third-order valence-electron chi connectivity index (χ3n) is 5.57. The second-order valence-electron chi connectivity index (χ2n) is 7.64. The molecule has 3 aromatic rings. The molecule has 4 rings (SSSR count). The summed E-state index contributed by atoms with van der Waals surface area (Å²) < 4.78 is 0.989. The molecule has 1 aliphatic rings. The predicted molar refractivity (Wildman–Crippen MR) is 127 cm³/mol. The van der Waals surface area contributed by atoms with Gasteiger partial charge in [-0.15, -0.1) is 10.2 Å². The van der Waals surface area contributed by atoms with Crippen LogP contribution in [-0.2, 0) is 16.0 Å². The van der Waals surface area contributed by atoms with Crippen LogP contribution in [0.4, 0.5) is 10.8 Å². The van der Waals surface area contributed by atoms with Crippen LogP contribution in [0, 0.1) is 12.8 Å². The van der Waals surface area contributed by atoms with Crippen LogP contribution in [0.3, 0.4) is 0 Å². The number of para-hydroxylation sites is 1. The van der Waals surface area contributed by atoms with Crippen LogP contribution in [0.15, 0.2) is 46.9 Å². The molecule has 1 saturated heterocycles. The van der Waals surface area contributed by atoms with E-state index in [0.717, 1.165) is 38.3 Å². The first-order chi connectivity index (χ1) is 14.9. The van der Waals surface area contributed by atoms with E-state index in [4.69, 9.17) is 0 Å². The lowest BCUT2D eigenvalue weighted by molar-refractivity contribution is -0.124. The number of carbonyl (C=O) groups is 2. The second kappa shape index (κ2) is 8.88. The number of hydrogen-bond acceptors (Lipinski definition) is 5. The van der Waals surface area contributed by atoms with Crippen LogP contribution in [0.1, 0.15) is 24.5 Å². The van der Waals surface area contributed by atoms with E-state index in [1.807, 2.05) is 49.4 Å². The zero-order valence-corrected chi connectivity index (χ0v) is 20.0. The zero-order chi connectivity index (χ0) is 22.1. The monoisotopic (exact) mass is 498 g/mol. The minimum Gasteiger partial charge on any atom is -0.311 e. The molecule has 1 aromatic heterocycles. The van der Waals surface area contributed by atoms with E-state index < -0.39 is 5.92 Å². The molecule has 2 heterocycles. The quantitative estimate of drug-likeness (QED) is 0.503. The first-order valence-corrected chi connectivity index (χ1v) is 11.8. The average molecular weight is 499 g/mol. The number of hydrogen-bond donors (Lipinski definition) is 0. The summed E-state index contributed by atoms with van der Waals surface area (Å²) in [7, 11) is 1.70. The van der Waals surface area contributed by atoms with Gasteiger partial charge in [0.25, 0.3) is 0 Å². The van der Waals surface area contributed by atoms with Gasteiger partial charge in [0.05, 0.1) is 5.92 Å². The Morgan fingerprint density at radius 2 is 1.97 bits per heavy atom. The van der Waals surface area contributed by atoms with E-state index in [1.54, 1.807) is 11.9 Å². The maximum Gasteiger partial charge on any atom is 0.233 e. The maximum atomic E-state index is 13.2. The van der Waals surface area contributed by atoms with Crippen LogP contribution in [0.25, 0.3) is 10.6 Å². The van der Waals surface area contributed by atoms with Crippen LogP contribution < -0.4 is 9.80 Å². The molecule has 1 atom stereocenters. The van der Waals surface area contributed by atoms with Gasteiger partial charge >= 0.3 is 0 Å². The number of carbonyl (C=O) groups excluding carboxylic acids is 2. The Balaban J connectivity index is 1.52. The van der Waals surface area contributed by atoms with Crippen molar-refractivity contribution in [3.8, 4) is 10.6 Å². The van der Waals surface area contributed by atoms with Gasteiger partial charge in [-0.3, -0.25) is 14.5 Å². The molecule has 2 aromatic carbocycles. The molecule has 160 valence electrons. The zero-order valence-electron chi connectivity index (χ0n) is 17.6. The number of anilines is 2. The van der Waals surface area contributed by atoms with E-state index in [2.05, 4.69) is 33.1 Å². The van der Waals surface area contributed by atoms with E-state index in [-0.39, 0.29) is 18.2 Å². The lowest BCUT2D eigenvalue weighted by atomic mass is 10.0. The van der Waals surface area contributed by atoms with Crippen molar-refractivity contribution in [1.82, 2.24) is 10.2 Å². The fraction of sp³-hybridized carbons (Fsp3) is 0.304. The van der Waals surface area contributed by atoms with Gasteiger partial charge in [0.2, 0.25) is 16.9 Å².